The maximum Gasteiger partial charge on any atom is 0.243 e. The lowest BCUT2D eigenvalue weighted by atomic mass is 10.0. The molecule has 2 rings (SSSR count). The van der Waals surface area contributed by atoms with Gasteiger partial charge in [0.15, 0.2) is 0 Å². The average Bonchev–Trinajstić information content (AvgIpc) is 2.64. The van der Waals surface area contributed by atoms with Crippen LogP contribution in [0.1, 0.15) is 51.7 Å². The highest BCUT2D eigenvalue weighted by Gasteiger charge is 2.31. The van der Waals surface area contributed by atoms with Crippen LogP contribution in [0.2, 0.25) is 0 Å². The zero-order chi connectivity index (χ0) is 21.4. The summed E-state index contributed by atoms with van der Waals surface area (Å²) < 4.78 is 0.955. The van der Waals surface area contributed by atoms with Gasteiger partial charge in [0.2, 0.25) is 11.8 Å². The van der Waals surface area contributed by atoms with E-state index in [-0.39, 0.29) is 17.4 Å². The molecule has 2 amide bonds. The lowest BCUT2D eigenvalue weighted by Gasteiger charge is -2.34. The van der Waals surface area contributed by atoms with Crippen LogP contribution >= 0.6 is 15.9 Å². The van der Waals surface area contributed by atoms with E-state index in [4.69, 9.17) is 0 Å². The quantitative estimate of drug-likeness (QED) is 0.597. The van der Waals surface area contributed by atoms with Gasteiger partial charge in [-0.05, 0) is 50.5 Å². The van der Waals surface area contributed by atoms with E-state index in [0.29, 0.717) is 19.4 Å². The molecule has 29 heavy (non-hydrogen) atoms. The highest BCUT2D eigenvalue weighted by Crippen LogP contribution is 2.19. The van der Waals surface area contributed by atoms with E-state index in [1.807, 2.05) is 82.3 Å². The Bertz CT molecular complexity index is 815. The van der Waals surface area contributed by atoms with Gasteiger partial charge in [-0.15, -0.1) is 0 Å². The molecular formula is C24H31BrN2O2. The molecule has 0 saturated carbocycles. The largest absolute Gasteiger partial charge is 0.350 e. The Morgan fingerprint density at radius 1 is 1.03 bits per heavy atom. The van der Waals surface area contributed by atoms with Crippen molar-refractivity contribution in [1.82, 2.24) is 10.2 Å². The van der Waals surface area contributed by atoms with Crippen LogP contribution in [0.15, 0.2) is 59.1 Å². The van der Waals surface area contributed by atoms with Crippen molar-refractivity contribution in [1.29, 1.82) is 0 Å². The molecule has 4 nitrogen and oxygen atoms in total. The molecule has 2 aromatic carbocycles. The summed E-state index contributed by atoms with van der Waals surface area (Å²) in [5.41, 5.74) is 1.65. The molecule has 0 aromatic heterocycles. The van der Waals surface area contributed by atoms with E-state index in [1.54, 1.807) is 4.90 Å². The molecule has 0 radical (unpaired) electrons. The van der Waals surface area contributed by atoms with Gasteiger partial charge in [-0.25, -0.2) is 0 Å². The molecule has 0 bridgehead atoms. The SMILES string of the molecule is CCCC(=O)N(Cc1cccc(Br)c1)[C@H](Cc1ccccc1)C(=O)NC(C)(C)C. The van der Waals surface area contributed by atoms with Crippen LogP contribution in [0.4, 0.5) is 0 Å². The monoisotopic (exact) mass is 458 g/mol. The van der Waals surface area contributed by atoms with Crippen LogP contribution < -0.4 is 5.32 Å². The summed E-state index contributed by atoms with van der Waals surface area (Å²) in [7, 11) is 0. The number of hydrogen-bond donors (Lipinski definition) is 1. The fourth-order valence-electron chi connectivity index (χ4n) is 3.20. The number of halogens is 1. The summed E-state index contributed by atoms with van der Waals surface area (Å²) in [6, 6.07) is 17.2. The zero-order valence-electron chi connectivity index (χ0n) is 17.7. The first-order valence-electron chi connectivity index (χ1n) is 10.1. The van der Waals surface area contributed by atoms with Gasteiger partial charge in [0, 0.05) is 29.4 Å². The molecular weight excluding hydrogens is 428 g/mol. The van der Waals surface area contributed by atoms with Gasteiger partial charge in [0.1, 0.15) is 6.04 Å². The summed E-state index contributed by atoms with van der Waals surface area (Å²) >= 11 is 3.50. The predicted octanol–water partition coefficient (Wildman–Crippen LogP) is 5.10. The van der Waals surface area contributed by atoms with Crippen molar-refractivity contribution in [3.63, 3.8) is 0 Å². The summed E-state index contributed by atoms with van der Waals surface area (Å²) in [6.07, 6.45) is 1.64. The van der Waals surface area contributed by atoms with Crippen LogP contribution in [0, 0.1) is 0 Å². The van der Waals surface area contributed by atoms with Crippen LogP contribution in [0.5, 0.6) is 0 Å². The highest BCUT2D eigenvalue weighted by atomic mass is 79.9. The fourth-order valence-corrected chi connectivity index (χ4v) is 3.64. The number of nitrogens with one attached hydrogen (secondary N) is 1. The zero-order valence-corrected chi connectivity index (χ0v) is 19.3. The summed E-state index contributed by atoms with van der Waals surface area (Å²) in [5.74, 6) is -0.127. The van der Waals surface area contributed by atoms with Gasteiger partial charge in [0.05, 0.1) is 0 Å². The van der Waals surface area contributed by atoms with Crippen molar-refractivity contribution in [2.24, 2.45) is 0 Å². The Hall–Kier alpha value is -2.14. The van der Waals surface area contributed by atoms with Gasteiger partial charge in [-0.1, -0.05) is 65.3 Å². The number of rotatable bonds is 8. The number of nitrogens with zero attached hydrogens (tertiary/aromatic N) is 1. The summed E-state index contributed by atoms with van der Waals surface area (Å²) in [6.45, 7) is 8.24. The second kappa shape index (κ2) is 10.6. The van der Waals surface area contributed by atoms with Crippen LogP contribution in [0.3, 0.4) is 0 Å². The maximum absolute atomic E-state index is 13.3. The smallest absolute Gasteiger partial charge is 0.243 e. The van der Waals surface area contributed by atoms with Crippen LogP contribution in [-0.2, 0) is 22.6 Å². The first kappa shape index (κ1) is 23.1. The van der Waals surface area contributed by atoms with E-state index in [9.17, 15) is 9.59 Å². The fraction of sp³-hybridized carbons (Fsp3) is 0.417. The molecule has 1 N–H and O–H groups in total. The number of amides is 2. The molecule has 0 spiro atoms. The van der Waals surface area contributed by atoms with Gasteiger partial charge in [-0.2, -0.15) is 0 Å². The van der Waals surface area contributed by atoms with Crippen molar-refractivity contribution in [3.8, 4) is 0 Å². The number of hydrogen-bond acceptors (Lipinski definition) is 2. The van der Waals surface area contributed by atoms with E-state index >= 15 is 0 Å². The molecule has 156 valence electrons. The lowest BCUT2D eigenvalue weighted by Crippen LogP contribution is -2.54. The average molecular weight is 459 g/mol. The molecule has 5 heteroatoms. The Morgan fingerprint density at radius 2 is 1.69 bits per heavy atom. The predicted molar refractivity (Wildman–Crippen MR) is 121 cm³/mol. The highest BCUT2D eigenvalue weighted by molar-refractivity contribution is 9.10. The van der Waals surface area contributed by atoms with Crippen molar-refractivity contribution >= 4 is 27.7 Å². The van der Waals surface area contributed by atoms with Gasteiger partial charge in [0.25, 0.3) is 0 Å². The van der Waals surface area contributed by atoms with E-state index in [1.165, 1.54) is 0 Å². The lowest BCUT2D eigenvalue weighted by molar-refractivity contribution is -0.142. The Labute approximate surface area is 182 Å². The molecule has 0 saturated heterocycles. The van der Waals surface area contributed by atoms with Crippen molar-refractivity contribution < 1.29 is 9.59 Å². The van der Waals surface area contributed by atoms with Crippen LogP contribution in [-0.4, -0.2) is 28.3 Å². The van der Waals surface area contributed by atoms with Gasteiger partial charge < -0.3 is 10.2 Å². The maximum atomic E-state index is 13.3. The molecule has 2 aromatic rings. The minimum atomic E-state index is -0.574. The molecule has 0 aliphatic carbocycles. The van der Waals surface area contributed by atoms with E-state index < -0.39 is 6.04 Å². The summed E-state index contributed by atoms with van der Waals surface area (Å²) in [5, 5.41) is 3.07. The second-order valence-electron chi connectivity index (χ2n) is 8.35. The first-order chi connectivity index (χ1) is 13.7. The molecule has 1 atom stereocenters. The molecule has 0 fully saturated rings. The minimum Gasteiger partial charge on any atom is -0.350 e. The standard InChI is InChI=1S/C24H31BrN2O2/c1-5-10-22(28)27(17-19-13-9-14-20(25)15-19)21(23(29)26-24(2,3)4)16-18-11-7-6-8-12-18/h6-9,11-15,21H,5,10,16-17H2,1-4H3,(H,26,29)/t21-/m1/s1. The molecule has 0 heterocycles. The topological polar surface area (TPSA) is 49.4 Å². The third-order valence-corrected chi connectivity index (χ3v) is 4.97. The number of benzene rings is 2. The first-order valence-corrected chi connectivity index (χ1v) is 10.9. The van der Waals surface area contributed by atoms with E-state index in [2.05, 4.69) is 21.2 Å². The van der Waals surface area contributed by atoms with Gasteiger partial charge in [-0.3, -0.25) is 9.59 Å². The molecule has 0 aliphatic rings. The summed E-state index contributed by atoms with van der Waals surface area (Å²) in [4.78, 5) is 28.1. The second-order valence-corrected chi connectivity index (χ2v) is 9.26. The Kier molecular flexibility index (Phi) is 8.45. The molecule has 0 unspecified atom stereocenters. The normalized spacial score (nSPS) is 12.3. The van der Waals surface area contributed by atoms with Gasteiger partial charge >= 0.3 is 0 Å². The van der Waals surface area contributed by atoms with Crippen molar-refractivity contribution in [2.45, 2.75) is 65.1 Å². The van der Waals surface area contributed by atoms with Crippen molar-refractivity contribution in [3.05, 3.63) is 70.2 Å². The van der Waals surface area contributed by atoms with Crippen molar-refractivity contribution in [2.75, 3.05) is 0 Å². The van der Waals surface area contributed by atoms with Crippen LogP contribution in [0.25, 0.3) is 0 Å². The Balaban J connectivity index is 2.40. The molecule has 0 aliphatic heterocycles. The third-order valence-electron chi connectivity index (χ3n) is 4.48. The third kappa shape index (κ3) is 7.65. The number of carbonyl (C=O) groups excluding carboxylic acids is 2. The Morgan fingerprint density at radius 3 is 2.28 bits per heavy atom. The van der Waals surface area contributed by atoms with E-state index in [0.717, 1.165) is 22.0 Å². The number of carbonyl (C=O) groups is 2. The minimum absolute atomic E-state index is 0.00235.